The number of anilines is 3. The molecule has 0 saturated carbocycles. The number of carbonyl (C=O) groups excluding carboxylic acids is 3. The molecule has 4 aliphatic rings. The number of piperazine rings is 1. The quantitative estimate of drug-likeness (QED) is 0.139. The number of aromatic hydroxyl groups is 1. The maximum absolute atomic E-state index is 13.1. The molecule has 4 fully saturated rings. The van der Waals surface area contributed by atoms with Gasteiger partial charge in [-0.05, 0) is 105 Å². The van der Waals surface area contributed by atoms with E-state index in [-0.39, 0.29) is 28.9 Å². The predicted octanol–water partition coefficient (Wildman–Crippen LogP) is 6.95. The highest BCUT2D eigenvalue weighted by atomic mass is 16.3. The van der Waals surface area contributed by atoms with E-state index in [1.807, 2.05) is 43.9 Å². The minimum atomic E-state index is -0.490. The van der Waals surface area contributed by atoms with Gasteiger partial charge in [0.15, 0.2) is 5.82 Å². The summed E-state index contributed by atoms with van der Waals surface area (Å²) in [7, 11) is 0. The number of likely N-dealkylation sites (tertiary alicyclic amines) is 2. The van der Waals surface area contributed by atoms with Gasteiger partial charge >= 0.3 is 0 Å². The molecule has 59 heavy (non-hydrogen) atoms. The van der Waals surface area contributed by atoms with Crippen molar-refractivity contribution in [1.82, 2.24) is 25.3 Å². The van der Waals surface area contributed by atoms with Crippen LogP contribution in [0.15, 0.2) is 54.6 Å². The summed E-state index contributed by atoms with van der Waals surface area (Å²) in [5.41, 5.74) is 10.8. The number of nitrogen functional groups attached to an aromatic ring is 1. The third-order valence-electron chi connectivity index (χ3n) is 13.1. The molecule has 7 rings (SSSR count). The Kier molecular flexibility index (Phi) is 13.6. The van der Waals surface area contributed by atoms with Gasteiger partial charge < -0.3 is 35.8 Å². The normalized spacial score (nSPS) is 20.3. The number of carbonyl (C=O) groups is 3. The van der Waals surface area contributed by atoms with E-state index >= 15 is 0 Å². The van der Waals surface area contributed by atoms with E-state index in [2.05, 4.69) is 54.5 Å². The standard InChI is InChI=1S/C47H66N8O4/c1-47(2,3)44(46(59)53-24-11-12-25-53)49-42(57)18-7-5-4-6-8-19-43(58)52-26-22-33(23-27-52)28-34-14-13-15-35(29-34)55-36-20-21-37(55)32-54(31-36)40-30-39(50-51-45(40)48)38-16-9-10-17-41(38)56/h9-10,13-17,29-30,33,36-37,44,56H,4-8,11-12,18-28,31-32H2,1-3H3,(H2,48,51)(H,49,57). The van der Waals surface area contributed by atoms with Crippen molar-refractivity contribution in [2.75, 3.05) is 54.8 Å². The van der Waals surface area contributed by atoms with E-state index in [4.69, 9.17) is 5.73 Å². The number of fused-ring (bicyclic) bond motifs is 2. The van der Waals surface area contributed by atoms with E-state index in [0.29, 0.717) is 47.9 Å². The maximum atomic E-state index is 13.1. The van der Waals surface area contributed by atoms with Gasteiger partial charge in [0.05, 0.1) is 11.4 Å². The second-order valence-corrected chi connectivity index (χ2v) is 18.6. The van der Waals surface area contributed by atoms with Gasteiger partial charge in [0.2, 0.25) is 17.7 Å². The molecule has 1 aromatic heterocycles. The molecule has 5 heterocycles. The van der Waals surface area contributed by atoms with Crippen molar-refractivity contribution in [1.29, 1.82) is 0 Å². The van der Waals surface area contributed by atoms with Crippen molar-refractivity contribution >= 4 is 34.9 Å². The number of aromatic nitrogens is 2. The largest absolute Gasteiger partial charge is 0.507 e. The van der Waals surface area contributed by atoms with Crippen LogP contribution in [0.5, 0.6) is 5.75 Å². The van der Waals surface area contributed by atoms with Crippen LogP contribution in [0.2, 0.25) is 0 Å². The first kappa shape index (κ1) is 42.3. The first-order chi connectivity index (χ1) is 28.4. The molecule has 12 nitrogen and oxygen atoms in total. The second kappa shape index (κ2) is 19.0. The molecule has 0 radical (unpaired) electrons. The number of nitrogens with two attached hydrogens (primary N) is 1. The lowest BCUT2D eigenvalue weighted by Gasteiger charge is -2.43. The van der Waals surface area contributed by atoms with Crippen LogP contribution >= 0.6 is 0 Å². The van der Waals surface area contributed by atoms with Crippen LogP contribution in [0.1, 0.15) is 110 Å². The number of piperidine rings is 1. The summed E-state index contributed by atoms with van der Waals surface area (Å²) in [6.07, 6.45) is 13.1. The van der Waals surface area contributed by atoms with E-state index in [0.717, 1.165) is 122 Å². The summed E-state index contributed by atoms with van der Waals surface area (Å²) >= 11 is 0. The van der Waals surface area contributed by atoms with Gasteiger partial charge in [-0.1, -0.05) is 64.3 Å². The molecule has 2 bridgehead atoms. The molecule has 4 aliphatic heterocycles. The monoisotopic (exact) mass is 807 g/mol. The Labute approximate surface area is 350 Å². The first-order valence-electron chi connectivity index (χ1n) is 22.3. The number of nitrogens with zero attached hydrogens (tertiary/aromatic N) is 6. The van der Waals surface area contributed by atoms with Crippen LogP contribution in [0, 0.1) is 11.3 Å². The van der Waals surface area contributed by atoms with Crippen molar-refractivity contribution in [2.45, 2.75) is 129 Å². The molecule has 12 heteroatoms. The number of para-hydroxylation sites is 1. The highest BCUT2D eigenvalue weighted by Crippen LogP contribution is 2.39. The fraction of sp³-hybridized carbons (Fsp3) is 0.596. The van der Waals surface area contributed by atoms with E-state index in [1.54, 1.807) is 12.1 Å². The summed E-state index contributed by atoms with van der Waals surface area (Å²) in [5.74, 6) is 1.43. The number of phenols is 1. The maximum Gasteiger partial charge on any atom is 0.245 e. The number of amides is 3. The number of rotatable bonds is 15. The molecule has 2 aromatic carbocycles. The van der Waals surface area contributed by atoms with Crippen molar-refractivity contribution in [2.24, 2.45) is 11.3 Å². The summed E-state index contributed by atoms with van der Waals surface area (Å²) in [4.78, 5) is 47.9. The Bertz CT molecular complexity index is 1900. The highest BCUT2D eigenvalue weighted by molar-refractivity contribution is 5.88. The third-order valence-corrected chi connectivity index (χ3v) is 13.1. The van der Waals surface area contributed by atoms with Crippen molar-refractivity contribution in [3.8, 4) is 17.0 Å². The summed E-state index contributed by atoms with van der Waals surface area (Å²) in [6.45, 7) is 11.0. The second-order valence-electron chi connectivity index (χ2n) is 18.6. The van der Waals surface area contributed by atoms with Crippen molar-refractivity contribution < 1.29 is 19.5 Å². The third kappa shape index (κ3) is 10.5. The summed E-state index contributed by atoms with van der Waals surface area (Å²) in [6, 6.07) is 18.5. The van der Waals surface area contributed by atoms with Gasteiger partial charge in [-0.25, -0.2) is 0 Å². The number of nitrogens with one attached hydrogen (secondary N) is 1. The van der Waals surface area contributed by atoms with Crippen LogP contribution < -0.4 is 20.9 Å². The highest BCUT2D eigenvalue weighted by Gasteiger charge is 2.41. The van der Waals surface area contributed by atoms with E-state index in [1.165, 1.54) is 11.3 Å². The topological polar surface area (TPSA) is 148 Å². The van der Waals surface area contributed by atoms with Gasteiger partial charge in [-0.3, -0.25) is 14.4 Å². The number of phenolic OH excluding ortho intramolecular Hbond substituents is 1. The van der Waals surface area contributed by atoms with E-state index < -0.39 is 6.04 Å². The molecule has 0 aliphatic carbocycles. The molecule has 4 saturated heterocycles. The molecular formula is C47H66N8O4. The molecular weight excluding hydrogens is 741 g/mol. The average molecular weight is 807 g/mol. The Morgan fingerprint density at radius 1 is 0.814 bits per heavy atom. The number of hydrogen-bond donors (Lipinski definition) is 3. The molecule has 0 spiro atoms. The number of unbranched alkanes of at least 4 members (excludes halogenated alkanes) is 4. The zero-order chi connectivity index (χ0) is 41.5. The van der Waals surface area contributed by atoms with Gasteiger partial charge in [0.25, 0.3) is 0 Å². The Hall–Kier alpha value is -4.87. The fourth-order valence-corrected chi connectivity index (χ4v) is 9.80. The zero-order valence-corrected chi connectivity index (χ0v) is 35.6. The Balaban J connectivity index is 0.805. The SMILES string of the molecule is CC(C)(C)C(NC(=O)CCCCCCCC(=O)N1CCC(Cc2cccc(N3C4CCC3CN(c3cc(-c5ccccc5O)nnc3N)C4)c2)CC1)C(=O)N1CCCC1. The van der Waals surface area contributed by atoms with Crippen LogP contribution in [0.3, 0.4) is 0 Å². The van der Waals surface area contributed by atoms with Gasteiger partial charge in [-0.15, -0.1) is 10.2 Å². The minimum absolute atomic E-state index is 0.0434. The fourth-order valence-electron chi connectivity index (χ4n) is 9.80. The van der Waals surface area contributed by atoms with Crippen molar-refractivity contribution in [3.63, 3.8) is 0 Å². The van der Waals surface area contributed by atoms with E-state index in [9.17, 15) is 19.5 Å². The van der Waals surface area contributed by atoms with Crippen LogP contribution in [0.4, 0.5) is 17.2 Å². The van der Waals surface area contributed by atoms with Gasteiger partial charge in [0.1, 0.15) is 11.8 Å². The smallest absolute Gasteiger partial charge is 0.245 e. The Morgan fingerprint density at radius 2 is 1.49 bits per heavy atom. The Morgan fingerprint density at radius 3 is 2.19 bits per heavy atom. The first-order valence-corrected chi connectivity index (χ1v) is 22.3. The number of hydrogen-bond acceptors (Lipinski definition) is 9. The molecule has 3 atom stereocenters. The van der Waals surface area contributed by atoms with Crippen LogP contribution in [-0.2, 0) is 20.8 Å². The lowest BCUT2D eigenvalue weighted by Crippen LogP contribution is -2.54. The lowest BCUT2D eigenvalue weighted by molar-refractivity contribution is -0.138. The zero-order valence-electron chi connectivity index (χ0n) is 35.6. The molecule has 3 unspecified atom stereocenters. The molecule has 4 N–H and O–H groups in total. The summed E-state index contributed by atoms with van der Waals surface area (Å²) < 4.78 is 0. The van der Waals surface area contributed by atoms with Crippen molar-refractivity contribution in [3.05, 3.63) is 60.2 Å². The van der Waals surface area contributed by atoms with Crippen LogP contribution in [-0.4, -0.2) is 100 Å². The molecule has 3 aromatic rings. The predicted molar refractivity (Wildman–Crippen MR) is 234 cm³/mol. The number of benzene rings is 2. The van der Waals surface area contributed by atoms with Gasteiger partial charge in [0, 0.05) is 75.4 Å². The lowest BCUT2D eigenvalue weighted by atomic mass is 9.85. The molecule has 3 amide bonds. The average Bonchev–Trinajstić information content (AvgIpc) is 3.86. The van der Waals surface area contributed by atoms with Crippen LogP contribution in [0.25, 0.3) is 11.3 Å². The minimum Gasteiger partial charge on any atom is -0.507 e. The molecule has 318 valence electrons. The van der Waals surface area contributed by atoms with Gasteiger partial charge in [-0.2, -0.15) is 0 Å². The summed E-state index contributed by atoms with van der Waals surface area (Å²) in [5, 5.41) is 22.0.